The smallest absolute Gasteiger partial charge is 0.377 e. The molecule has 0 amide bonds. The third kappa shape index (κ3) is 1.46. The molecule has 0 fully saturated rings. The molecule has 0 aliphatic rings. The van der Waals surface area contributed by atoms with Crippen molar-refractivity contribution >= 4 is 5.69 Å². The van der Waals surface area contributed by atoms with Crippen molar-refractivity contribution in [3.63, 3.8) is 0 Å². The molecule has 76 valence electrons. The summed E-state index contributed by atoms with van der Waals surface area (Å²) in [5.41, 5.74) is 0.116. The van der Waals surface area contributed by atoms with Crippen LogP contribution in [0.25, 0.3) is 0 Å². The fraction of sp³-hybridized carbons (Fsp3) is 0.375. The van der Waals surface area contributed by atoms with Gasteiger partial charge in [-0.1, -0.05) is 0 Å². The molecule has 0 aromatic carbocycles. The standard InChI is InChI=1S/C8H10N2O4/c1-5-4-7(14-3)8(10(12)13)6(2)9(5)11/h4H,1-3H3. The minimum absolute atomic E-state index is 0.0341. The molecule has 0 aliphatic carbocycles. The van der Waals surface area contributed by atoms with Crippen molar-refractivity contribution in [2.24, 2.45) is 0 Å². The van der Waals surface area contributed by atoms with Gasteiger partial charge in [0.25, 0.3) is 5.69 Å². The molecule has 0 saturated heterocycles. The molecule has 0 unspecified atom stereocenters. The summed E-state index contributed by atoms with van der Waals surface area (Å²) in [5, 5.41) is 22.0. The fourth-order valence-electron chi connectivity index (χ4n) is 1.23. The Morgan fingerprint density at radius 2 is 2.07 bits per heavy atom. The maximum atomic E-state index is 11.3. The first kappa shape index (κ1) is 10.2. The molecular weight excluding hydrogens is 188 g/mol. The molecule has 1 aromatic heterocycles. The number of ether oxygens (including phenoxy) is 1. The van der Waals surface area contributed by atoms with Crippen molar-refractivity contribution in [1.82, 2.24) is 0 Å². The Hall–Kier alpha value is -1.85. The number of pyridine rings is 1. The van der Waals surface area contributed by atoms with Crippen LogP contribution in [0.3, 0.4) is 0 Å². The monoisotopic (exact) mass is 198 g/mol. The average Bonchev–Trinajstić information content (AvgIpc) is 2.12. The highest BCUT2D eigenvalue weighted by atomic mass is 16.6. The van der Waals surface area contributed by atoms with Crippen LogP contribution in [-0.4, -0.2) is 12.0 Å². The molecule has 6 heteroatoms. The highest BCUT2D eigenvalue weighted by Gasteiger charge is 2.27. The lowest BCUT2D eigenvalue weighted by molar-refractivity contribution is -0.623. The van der Waals surface area contributed by atoms with Gasteiger partial charge in [0.1, 0.15) is 0 Å². The molecule has 0 N–H and O–H groups in total. The molecule has 1 aromatic rings. The topological polar surface area (TPSA) is 79.3 Å². The summed E-state index contributed by atoms with van der Waals surface area (Å²) in [5.74, 6) is 0.108. The van der Waals surface area contributed by atoms with E-state index in [1.165, 1.54) is 20.1 Å². The Kier molecular flexibility index (Phi) is 2.55. The molecule has 1 heterocycles. The van der Waals surface area contributed by atoms with Gasteiger partial charge >= 0.3 is 5.69 Å². The van der Waals surface area contributed by atoms with Gasteiger partial charge in [0.05, 0.1) is 18.1 Å². The molecule has 0 spiro atoms. The van der Waals surface area contributed by atoms with Gasteiger partial charge in [-0.2, -0.15) is 4.73 Å². The van der Waals surface area contributed by atoms with E-state index in [0.717, 1.165) is 0 Å². The van der Waals surface area contributed by atoms with Crippen LogP contribution in [0, 0.1) is 29.2 Å². The van der Waals surface area contributed by atoms with E-state index in [0.29, 0.717) is 10.4 Å². The van der Waals surface area contributed by atoms with Gasteiger partial charge in [-0.25, -0.2) is 0 Å². The molecule has 14 heavy (non-hydrogen) atoms. The summed E-state index contributed by atoms with van der Waals surface area (Å²) >= 11 is 0. The number of methoxy groups -OCH3 is 1. The lowest BCUT2D eigenvalue weighted by atomic mass is 10.2. The van der Waals surface area contributed by atoms with Crippen molar-refractivity contribution in [3.8, 4) is 5.75 Å². The largest absolute Gasteiger partial charge is 0.618 e. The molecule has 0 radical (unpaired) electrons. The van der Waals surface area contributed by atoms with E-state index in [9.17, 15) is 15.3 Å². The second-order valence-corrected chi connectivity index (χ2v) is 2.84. The van der Waals surface area contributed by atoms with Crippen molar-refractivity contribution in [3.05, 3.63) is 32.8 Å². The van der Waals surface area contributed by atoms with Crippen LogP contribution in [0.15, 0.2) is 6.07 Å². The summed E-state index contributed by atoms with van der Waals surface area (Å²) in [7, 11) is 1.33. The first-order valence-corrected chi connectivity index (χ1v) is 3.91. The van der Waals surface area contributed by atoms with Crippen molar-refractivity contribution < 1.29 is 14.4 Å². The predicted molar refractivity (Wildman–Crippen MR) is 48.1 cm³/mol. The Morgan fingerprint density at radius 3 is 2.50 bits per heavy atom. The van der Waals surface area contributed by atoms with E-state index in [4.69, 9.17) is 4.74 Å². The summed E-state index contributed by atoms with van der Waals surface area (Å²) in [6.45, 7) is 2.95. The minimum atomic E-state index is -0.623. The molecule has 0 atom stereocenters. The van der Waals surface area contributed by atoms with Crippen LogP contribution in [0.4, 0.5) is 5.69 Å². The highest BCUT2D eigenvalue weighted by Crippen LogP contribution is 2.28. The van der Waals surface area contributed by atoms with Crippen molar-refractivity contribution in [2.75, 3.05) is 7.11 Å². The van der Waals surface area contributed by atoms with Crippen LogP contribution in [-0.2, 0) is 0 Å². The van der Waals surface area contributed by atoms with Crippen molar-refractivity contribution in [1.29, 1.82) is 0 Å². The number of rotatable bonds is 2. The fourth-order valence-corrected chi connectivity index (χ4v) is 1.23. The van der Waals surface area contributed by atoms with Crippen LogP contribution in [0.5, 0.6) is 5.75 Å². The zero-order valence-electron chi connectivity index (χ0n) is 8.10. The maximum absolute atomic E-state index is 11.3. The average molecular weight is 198 g/mol. The van der Waals surface area contributed by atoms with E-state index in [1.807, 2.05) is 0 Å². The van der Waals surface area contributed by atoms with Gasteiger partial charge in [0.2, 0.25) is 5.75 Å². The summed E-state index contributed by atoms with van der Waals surface area (Å²) in [6, 6.07) is 1.35. The van der Waals surface area contributed by atoms with Crippen molar-refractivity contribution in [2.45, 2.75) is 13.8 Å². The van der Waals surface area contributed by atoms with Gasteiger partial charge < -0.3 is 9.94 Å². The summed E-state index contributed by atoms with van der Waals surface area (Å²) < 4.78 is 5.34. The van der Waals surface area contributed by atoms with E-state index < -0.39 is 4.92 Å². The summed E-state index contributed by atoms with van der Waals surface area (Å²) in [6.07, 6.45) is 0. The van der Waals surface area contributed by atoms with E-state index in [1.54, 1.807) is 6.92 Å². The second-order valence-electron chi connectivity index (χ2n) is 2.84. The number of hydrogen-bond donors (Lipinski definition) is 0. The quantitative estimate of drug-likeness (QED) is 0.305. The van der Waals surface area contributed by atoms with E-state index in [2.05, 4.69) is 0 Å². The zero-order chi connectivity index (χ0) is 10.9. The van der Waals surface area contributed by atoms with Gasteiger partial charge in [-0.3, -0.25) is 10.1 Å². The van der Waals surface area contributed by atoms with Crippen LogP contribution in [0.1, 0.15) is 11.4 Å². The Morgan fingerprint density at radius 1 is 1.50 bits per heavy atom. The molecule has 0 bridgehead atoms. The normalized spacial score (nSPS) is 9.93. The third-order valence-corrected chi connectivity index (χ3v) is 1.94. The molecule has 6 nitrogen and oxygen atoms in total. The first-order chi connectivity index (χ1) is 6.49. The zero-order valence-corrected chi connectivity index (χ0v) is 8.10. The molecule has 0 saturated carbocycles. The lowest BCUT2D eigenvalue weighted by Gasteiger charge is -2.07. The number of aryl methyl sites for hydroxylation is 1. The Bertz CT molecular complexity index is 389. The number of nitro groups is 1. The Labute approximate surface area is 80.5 Å². The van der Waals surface area contributed by atoms with E-state index >= 15 is 0 Å². The predicted octanol–water partition coefficient (Wildman–Crippen LogP) is 0.854. The lowest BCUT2D eigenvalue weighted by Crippen LogP contribution is -2.34. The first-order valence-electron chi connectivity index (χ1n) is 3.91. The van der Waals surface area contributed by atoms with Crippen LogP contribution in [0.2, 0.25) is 0 Å². The highest BCUT2D eigenvalue weighted by molar-refractivity contribution is 5.47. The van der Waals surface area contributed by atoms with Gasteiger partial charge in [-0.15, -0.1) is 0 Å². The van der Waals surface area contributed by atoms with E-state index in [-0.39, 0.29) is 17.1 Å². The molecule has 0 aliphatic heterocycles. The summed E-state index contributed by atoms with van der Waals surface area (Å²) in [4.78, 5) is 10.0. The second kappa shape index (κ2) is 3.49. The maximum Gasteiger partial charge on any atom is 0.377 e. The van der Waals surface area contributed by atoms with Gasteiger partial charge in [-0.05, 0) is 0 Å². The molecular formula is C8H10N2O4. The SMILES string of the molecule is COc1cc(C)[n+]([O-])c(C)c1[N+](=O)[O-]. The number of aromatic nitrogens is 1. The van der Waals surface area contributed by atoms with Crippen LogP contribution < -0.4 is 9.47 Å². The Balaban J connectivity index is 3.53. The number of hydrogen-bond acceptors (Lipinski definition) is 4. The van der Waals surface area contributed by atoms with Gasteiger partial charge in [0, 0.05) is 13.8 Å². The van der Waals surface area contributed by atoms with Crippen LogP contribution >= 0.6 is 0 Å². The third-order valence-electron chi connectivity index (χ3n) is 1.94. The molecule has 1 rings (SSSR count). The number of nitrogens with zero attached hydrogens (tertiary/aromatic N) is 2. The van der Waals surface area contributed by atoms with Gasteiger partial charge in [0.15, 0.2) is 5.69 Å². The minimum Gasteiger partial charge on any atom is -0.618 e.